The summed E-state index contributed by atoms with van der Waals surface area (Å²) >= 11 is 3.89. The van der Waals surface area contributed by atoms with Crippen molar-refractivity contribution in [3.63, 3.8) is 0 Å². The second-order valence-corrected chi connectivity index (χ2v) is 9.11. The molecule has 0 radical (unpaired) electrons. The first-order valence-corrected chi connectivity index (χ1v) is 7.96. The second kappa shape index (κ2) is 3.30. The van der Waals surface area contributed by atoms with E-state index in [1.807, 2.05) is 0 Å². The molecule has 3 saturated carbocycles. The predicted octanol–water partition coefficient (Wildman–Crippen LogP) is 3.98. The number of alkyl halides is 1. The van der Waals surface area contributed by atoms with Crippen molar-refractivity contribution in [3.05, 3.63) is 0 Å². The monoisotopic (exact) mass is 300 g/mol. The molecule has 0 bridgehead atoms. The molecule has 98 valence electrons. The molecule has 3 aliphatic rings. The molecular weight excluding hydrogens is 276 g/mol. The molecule has 0 spiro atoms. The lowest BCUT2D eigenvalue weighted by molar-refractivity contribution is -0.157. The van der Waals surface area contributed by atoms with E-state index in [1.165, 1.54) is 12.8 Å². The first-order valence-electron chi connectivity index (χ1n) is 7.05. The van der Waals surface area contributed by atoms with Gasteiger partial charge >= 0.3 is 0 Å². The Morgan fingerprint density at radius 3 is 2.29 bits per heavy atom. The van der Waals surface area contributed by atoms with E-state index in [9.17, 15) is 5.11 Å². The first-order chi connectivity index (χ1) is 7.68. The Bertz CT molecular complexity index is 349. The van der Waals surface area contributed by atoms with Gasteiger partial charge in [-0.1, -0.05) is 36.7 Å². The van der Waals surface area contributed by atoms with Crippen molar-refractivity contribution in [1.29, 1.82) is 0 Å². The summed E-state index contributed by atoms with van der Waals surface area (Å²) in [6.45, 7) is 9.31. The van der Waals surface area contributed by atoms with Crippen LogP contribution in [-0.2, 0) is 0 Å². The lowest BCUT2D eigenvalue weighted by atomic mass is 9.48. The maximum atomic E-state index is 10.7. The van der Waals surface area contributed by atoms with Crippen LogP contribution in [-0.4, -0.2) is 15.5 Å². The van der Waals surface area contributed by atoms with Gasteiger partial charge in [-0.25, -0.2) is 0 Å². The molecule has 17 heavy (non-hydrogen) atoms. The normalized spacial score (nSPS) is 60.4. The highest BCUT2D eigenvalue weighted by atomic mass is 79.9. The van der Waals surface area contributed by atoms with E-state index in [2.05, 4.69) is 43.6 Å². The number of hydrogen-bond donors (Lipinski definition) is 1. The molecule has 0 unspecified atom stereocenters. The van der Waals surface area contributed by atoms with E-state index in [0.717, 1.165) is 24.7 Å². The highest BCUT2D eigenvalue weighted by Crippen LogP contribution is 2.73. The zero-order valence-electron chi connectivity index (χ0n) is 11.5. The van der Waals surface area contributed by atoms with Crippen LogP contribution >= 0.6 is 15.9 Å². The first kappa shape index (κ1) is 12.5. The molecule has 0 aliphatic heterocycles. The van der Waals surface area contributed by atoms with Crippen LogP contribution in [0.15, 0.2) is 0 Å². The number of aliphatic hydroxyl groups is 1. The van der Waals surface area contributed by atoms with Gasteiger partial charge in [-0.05, 0) is 61.2 Å². The van der Waals surface area contributed by atoms with Gasteiger partial charge < -0.3 is 5.11 Å². The number of halogens is 1. The zero-order chi connectivity index (χ0) is 12.6. The largest absolute Gasteiger partial charge is 0.390 e. The second-order valence-electron chi connectivity index (χ2n) is 8.00. The molecule has 0 aromatic rings. The van der Waals surface area contributed by atoms with E-state index in [4.69, 9.17) is 0 Å². The fourth-order valence-corrected chi connectivity index (χ4v) is 5.65. The van der Waals surface area contributed by atoms with Gasteiger partial charge in [-0.15, -0.1) is 0 Å². The van der Waals surface area contributed by atoms with E-state index < -0.39 is 5.60 Å². The van der Waals surface area contributed by atoms with Gasteiger partial charge in [-0.2, -0.15) is 0 Å². The van der Waals surface area contributed by atoms with Gasteiger partial charge in [0, 0.05) is 4.83 Å². The molecule has 0 heterocycles. The Morgan fingerprint density at radius 2 is 1.71 bits per heavy atom. The summed E-state index contributed by atoms with van der Waals surface area (Å²) in [6.07, 6.45) is 4.67. The summed E-state index contributed by atoms with van der Waals surface area (Å²) in [6, 6.07) is 0. The quantitative estimate of drug-likeness (QED) is 0.671. The van der Waals surface area contributed by atoms with Gasteiger partial charge in [0.1, 0.15) is 0 Å². The van der Waals surface area contributed by atoms with Gasteiger partial charge in [0.15, 0.2) is 0 Å². The van der Waals surface area contributed by atoms with Crippen molar-refractivity contribution in [2.45, 2.75) is 63.8 Å². The molecule has 1 nitrogen and oxygen atoms in total. The summed E-state index contributed by atoms with van der Waals surface area (Å²) in [7, 11) is 0. The third kappa shape index (κ3) is 1.59. The molecule has 0 aromatic heterocycles. The maximum Gasteiger partial charge on any atom is 0.0651 e. The Hall–Kier alpha value is 0.440. The van der Waals surface area contributed by atoms with Crippen molar-refractivity contribution in [3.8, 4) is 0 Å². The van der Waals surface area contributed by atoms with Crippen LogP contribution in [0, 0.1) is 28.6 Å². The molecule has 1 N–H and O–H groups in total. The maximum absolute atomic E-state index is 10.7. The molecule has 6 atom stereocenters. The molecule has 3 fully saturated rings. The molecule has 3 rings (SSSR count). The predicted molar refractivity (Wildman–Crippen MR) is 74.2 cm³/mol. The van der Waals surface area contributed by atoms with Crippen molar-refractivity contribution < 1.29 is 5.11 Å². The average Bonchev–Trinajstić information content (AvgIpc) is 2.83. The van der Waals surface area contributed by atoms with E-state index in [1.54, 1.807) is 0 Å². The average molecular weight is 301 g/mol. The summed E-state index contributed by atoms with van der Waals surface area (Å²) in [4.78, 5) is 0.601. The van der Waals surface area contributed by atoms with Crippen LogP contribution < -0.4 is 0 Å². The summed E-state index contributed by atoms with van der Waals surface area (Å²) in [5.74, 6) is 2.12. The van der Waals surface area contributed by atoms with Gasteiger partial charge in [-0.3, -0.25) is 0 Å². The molecule has 2 heteroatoms. The van der Waals surface area contributed by atoms with Crippen LogP contribution in [0.2, 0.25) is 0 Å². The molecule has 0 amide bonds. The van der Waals surface area contributed by atoms with Crippen LogP contribution in [0.4, 0.5) is 0 Å². The highest BCUT2D eigenvalue weighted by molar-refractivity contribution is 9.09. The minimum absolute atomic E-state index is 0.434. The van der Waals surface area contributed by atoms with Crippen LogP contribution in [0.5, 0.6) is 0 Å². The van der Waals surface area contributed by atoms with E-state index in [-0.39, 0.29) is 0 Å². The lowest BCUT2D eigenvalue weighted by Gasteiger charge is -2.59. The van der Waals surface area contributed by atoms with Crippen molar-refractivity contribution in [2.75, 3.05) is 0 Å². The highest BCUT2D eigenvalue weighted by Gasteiger charge is 2.68. The fourth-order valence-electron chi connectivity index (χ4n) is 4.89. The minimum Gasteiger partial charge on any atom is -0.390 e. The molecular formula is C15H25BrO. The van der Waals surface area contributed by atoms with Crippen LogP contribution in [0.25, 0.3) is 0 Å². The van der Waals surface area contributed by atoms with Crippen LogP contribution in [0.1, 0.15) is 53.4 Å². The number of rotatable bonds is 0. The van der Waals surface area contributed by atoms with Gasteiger partial charge in [0.2, 0.25) is 0 Å². The van der Waals surface area contributed by atoms with Crippen molar-refractivity contribution in [1.82, 2.24) is 0 Å². The minimum atomic E-state index is -0.434. The fraction of sp³-hybridized carbons (Fsp3) is 1.00. The third-order valence-electron chi connectivity index (χ3n) is 6.28. The van der Waals surface area contributed by atoms with Crippen LogP contribution in [0.3, 0.4) is 0 Å². The van der Waals surface area contributed by atoms with Crippen molar-refractivity contribution in [2.24, 2.45) is 28.6 Å². The van der Waals surface area contributed by atoms with E-state index >= 15 is 0 Å². The number of fused-ring (bicyclic) bond motifs is 3. The Morgan fingerprint density at radius 1 is 1.06 bits per heavy atom. The van der Waals surface area contributed by atoms with Gasteiger partial charge in [0.05, 0.1) is 5.60 Å². The standard InChI is InChI=1S/C15H25BrO/c1-13(2)7-10-12(13)9-8-14(9,3)11(16)5-6-15(10,4)17/h9-12,17H,5-8H2,1-4H3/t9-,10+,11-,12-,14-,15+/m0/s1. The summed E-state index contributed by atoms with van der Waals surface area (Å²) in [5.41, 5.74) is 0.522. The molecule has 0 saturated heterocycles. The Kier molecular flexibility index (Phi) is 2.42. The van der Waals surface area contributed by atoms with Crippen molar-refractivity contribution >= 4 is 15.9 Å². The number of hydrogen-bond acceptors (Lipinski definition) is 1. The molecule has 0 aromatic carbocycles. The zero-order valence-corrected chi connectivity index (χ0v) is 13.0. The van der Waals surface area contributed by atoms with E-state index in [0.29, 0.717) is 21.6 Å². The topological polar surface area (TPSA) is 20.2 Å². The Balaban J connectivity index is 1.92. The smallest absolute Gasteiger partial charge is 0.0651 e. The Labute approximate surface area is 113 Å². The summed E-state index contributed by atoms with van der Waals surface area (Å²) in [5, 5.41) is 10.7. The lowest BCUT2D eigenvalue weighted by Crippen LogP contribution is -2.57. The third-order valence-corrected chi connectivity index (χ3v) is 7.78. The summed E-state index contributed by atoms with van der Waals surface area (Å²) < 4.78 is 0. The molecule has 3 aliphatic carbocycles. The SMILES string of the molecule is CC1(C)C[C@@H]2[C@@H]1[C@@H]1C[C@]1(C)[C@@H](Br)CC[C@@]2(C)O. The van der Waals surface area contributed by atoms with Gasteiger partial charge in [0.25, 0.3) is 0 Å².